The molecule has 86 valence electrons. The van der Waals surface area contributed by atoms with Gasteiger partial charge in [0.25, 0.3) is 0 Å². The molecule has 0 radical (unpaired) electrons. The van der Waals surface area contributed by atoms with E-state index in [1.54, 1.807) is 0 Å². The summed E-state index contributed by atoms with van der Waals surface area (Å²) in [5.74, 6) is 0. The van der Waals surface area contributed by atoms with Gasteiger partial charge in [-0.1, -0.05) is 26.8 Å². The number of nitrogens with zero attached hydrogens (tertiary/aromatic N) is 2. The molecule has 0 aliphatic carbocycles. The lowest BCUT2D eigenvalue weighted by Gasteiger charge is -2.19. The van der Waals surface area contributed by atoms with Crippen LogP contribution in [0.2, 0.25) is 0 Å². The number of hydrogen-bond donors (Lipinski definition) is 0. The first kappa shape index (κ1) is 11.2. The Balaban J connectivity index is 2.58. The second-order valence-corrected chi connectivity index (χ2v) is 5.71. The minimum atomic E-state index is 0.203. The summed E-state index contributed by atoms with van der Waals surface area (Å²) in [5.41, 5.74) is 2.79. The minimum Gasteiger partial charge on any atom is -0.262 e. The highest BCUT2D eigenvalue weighted by molar-refractivity contribution is 5.79. The molecular formula is C14H20N2. The number of hydrogen-bond acceptors (Lipinski definition) is 1. The van der Waals surface area contributed by atoms with E-state index in [4.69, 9.17) is 0 Å². The number of benzene rings is 1. The van der Waals surface area contributed by atoms with Gasteiger partial charge in [-0.2, -0.15) is 5.10 Å². The SMILES string of the molecule is CC(C)n1ncc2cc(C(C)(C)C)ccc21. The molecule has 1 heterocycles. The van der Waals surface area contributed by atoms with Crippen molar-refractivity contribution in [2.75, 3.05) is 0 Å². The van der Waals surface area contributed by atoms with Gasteiger partial charge in [-0.15, -0.1) is 0 Å². The van der Waals surface area contributed by atoms with Crippen LogP contribution in [0.25, 0.3) is 10.9 Å². The van der Waals surface area contributed by atoms with Crippen molar-refractivity contribution in [3.63, 3.8) is 0 Å². The van der Waals surface area contributed by atoms with Crippen LogP contribution in [0.15, 0.2) is 24.4 Å². The Bertz CT molecular complexity index is 501. The van der Waals surface area contributed by atoms with E-state index in [0.29, 0.717) is 6.04 Å². The monoisotopic (exact) mass is 216 g/mol. The molecule has 0 unspecified atom stereocenters. The summed E-state index contributed by atoms with van der Waals surface area (Å²) in [7, 11) is 0. The van der Waals surface area contributed by atoms with E-state index in [1.165, 1.54) is 16.5 Å². The minimum absolute atomic E-state index is 0.203. The lowest BCUT2D eigenvalue weighted by molar-refractivity contribution is 0.550. The van der Waals surface area contributed by atoms with Crippen molar-refractivity contribution >= 4 is 10.9 Å². The maximum absolute atomic E-state index is 4.43. The summed E-state index contributed by atoms with van der Waals surface area (Å²) < 4.78 is 2.07. The molecule has 0 atom stereocenters. The highest BCUT2D eigenvalue weighted by Gasteiger charge is 2.15. The Morgan fingerprint density at radius 1 is 1.19 bits per heavy atom. The maximum Gasteiger partial charge on any atom is 0.0685 e. The Morgan fingerprint density at radius 3 is 2.44 bits per heavy atom. The molecule has 0 saturated carbocycles. The average Bonchev–Trinajstić information content (AvgIpc) is 2.58. The van der Waals surface area contributed by atoms with Gasteiger partial charge in [0.2, 0.25) is 0 Å². The van der Waals surface area contributed by atoms with Crippen LogP contribution < -0.4 is 0 Å². The van der Waals surface area contributed by atoms with Crippen LogP contribution in [0.3, 0.4) is 0 Å². The molecule has 1 aromatic heterocycles. The van der Waals surface area contributed by atoms with Crippen molar-refractivity contribution in [2.24, 2.45) is 0 Å². The molecule has 2 rings (SSSR count). The molecule has 0 aliphatic heterocycles. The van der Waals surface area contributed by atoms with E-state index >= 15 is 0 Å². The molecule has 16 heavy (non-hydrogen) atoms. The molecule has 0 bridgehead atoms. The molecule has 0 fully saturated rings. The van der Waals surface area contributed by atoms with Crippen molar-refractivity contribution in [3.05, 3.63) is 30.0 Å². The average molecular weight is 216 g/mol. The van der Waals surface area contributed by atoms with Crippen LogP contribution >= 0.6 is 0 Å². The van der Waals surface area contributed by atoms with Gasteiger partial charge < -0.3 is 0 Å². The summed E-state index contributed by atoms with van der Waals surface area (Å²) in [6.07, 6.45) is 1.96. The van der Waals surface area contributed by atoms with Crippen molar-refractivity contribution in [3.8, 4) is 0 Å². The van der Waals surface area contributed by atoms with Crippen LogP contribution in [0.1, 0.15) is 46.2 Å². The molecule has 0 saturated heterocycles. The van der Waals surface area contributed by atoms with E-state index in [2.05, 4.69) is 62.6 Å². The summed E-state index contributed by atoms with van der Waals surface area (Å²) in [4.78, 5) is 0. The number of aromatic nitrogens is 2. The van der Waals surface area contributed by atoms with Gasteiger partial charge >= 0.3 is 0 Å². The number of fused-ring (bicyclic) bond motifs is 1. The predicted octanol–water partition coefficient (Wildman–Crippen LogP) is 3.91. The molecule has 0 aliphatic rings. The van der Waals surface area contributed by atoms with E-state index in [-0.39, 0.29) is 5.41 Å². The van der Waals surface area contributed by atoms with Crippen LogP contribution in [0, 0.1) is 0 Å². The Labute approximate surface area is 97.3 Å². The quantitative estimate of drug-likeness (QED) is 0.706. The third kappa shape index (κ3) is 1.84. The lowest BCUT2D eigenvalue weighted by Crippen LogP contribution is -2.10. The summed E-state index contributed by atoms with van der Waals surface area (Å²) >= 11 is 0. The third-order valence-electron chi connectivity index (χ3n) is 2.95. The predicted molar refractivity (Wildman–Crippen MR) is 68.8 cm³/mol. The zero-order valence-corrected chi connectivity index (χ0v) is 10.8. The molecule has 2 nitrogen and oxygen atoms in total. The van der Waals surface area contributed by atoms with Crippen molar-refractivity contribution in [1.29, 1.82) is 0 Å². The molecule has 0 amide bonds. The Hall–Kier alpha value is -1.31. The molecular weight excluding hydrogens is 196 g/mol. The highest BCUT2D eigenvalue weighted by Crippen LogP contribution is 2.26. The van der Waals surface area contributed by atoms with E-state index in [1.807, 2.05) is 6.20 Å². The smallest absolute Gasteiger partial charge is 0.0685 e. The molecule has 2 aromatic rings. The van der Waals surface area contributed by atoms with Crippen LogP contribution in [0.5, 0.6) is 0 Å². The second kappa shape index (κ2) is 3.62. The normalized spacial score (nSPS) is 12.6. The molecule has 1 aromatic carbocycles. The number of rotatable bonds is 1. The van der Waals surface area contributed by atoms with E-state index in [9.17, 15) is 0 Å². The van der Waals surface area contributed by atoms with Gasteiger partial charge in [-0.25, -0.2) is 0 Å². The van der Waals surface area contributed by atoms with Crippen molar-refractivity contribution < 1.29 is 0 Å². The van der Waals surface area contributed by atoms with Gasteiger partial charge in [-0.05, 0) is 37.0 Å². The standard InChI is InChI=1S/C14H20N2/c1-10(2)16-13-7-6-12(14(3,4)5)8-11(13)9-15-16/h6-10H,1-5H3. The lowest BCUT2D eigenvalue weighted by atomic mass is 9.86. The summed E-state index contributed by atoms with van der Waals surface area (Å²) in [5, 5.41) is 5.67. The summed E-state index contributed by atoms with van der Waals surface area (Å²) in [6.45, 7) is 11.0. The zero-order valence-electron chi connectivity index (χ0n) is 10.8. The van der Waals surface area contributed by atoms with Crippen LogP contribution in [0.4, 0.5) is 0 Å². The Kier molecular flexibility index (Phi) is 2.53. The van der Waals surface area contributed by atoms with Gasteiger partial charge in [0.05, 0.1) is 11.7 Å². The second-order valence-electron chi connectivity index (χ2n) is 5.71. The fourth-order valence-corrected chi connectivity index (χ4v) is 1.93. The van der Waals surface area contributed by atoms with Gasteiger partial charge in [-0.3, -0.25) is 4.68 Å². The fraction of sp³-hybridized carbons (Fsp3) is 0.500. The zero-order chi connectivity index (χ0) is 11.9. The topological polar surface area (TPSA) is 17.8 Å². The van der Waals surface area contributed by atoms with Crippen molar-refractivity contribution in [1.82, 2.24) is 9.78 Å². The third-order valence-corrected chi connectivity index (χ3v) is 2.95. The first-order valence-corrected chi connectivity index (χ1v) is 5.87. The largest absolute Gasteiger partial charge is 0.262 e. The van der Waals surface area contributed by atoms with Gasteiger partial charge in [0.1, 0.15) is 0 Å². The first-order valence-electron chi connectivity index (χ1n) is 5.87. The van der Waals surface area contributed by atoms with Crippen molar-refractivity contribution in [2.45, 2.75) is 46.1 Å². The first-order chi connectivity index (χ1) is 7.39. The van der Waals surface area contributed by atoms with E-state index in [0.717, 1.165) is 0 Å². The Morgan fingerprint density at radius 2 is 1.88 bits per heavy atom. The summed E-state index contributed by atoms with van der Waals surface area (Å²) in [6, 6.07) is 7.06. The van der Waals surface area contributed by atoms with Gasteiger partial charge in [0.15, 0.2) is 0 Å². The fourth-order valence-electron chi connectivity index (χ4n) is 1.93. The van der Waals surface area contributed by atoms with E-state index < -0.39 is 0 Å². The maximum atomic E-state index is 4.43. The molecule has 2 heteroatoms. The van der Waals surface area contributed by atoms with Crippen LogP contribution in [-0.4, -0.2) is 9.78 Å². The van der Waals surface area contributed by atoms with Crippen LogP contribution in [-0.2, 0) is 5.41 Å². The molecule has 0 N–H and O–H groups in total. The highest BCUT2D eigenvalue weighted by atomic mass is 15.3. The molecule has 0 spiro atoms. The van der Waals surface area contributed by atoms with Gasteiger partial charge in [0, 0.05) is 11.4 Å².